The molecule has 4 heteroatoms. The number of aromatic nitrogens is 1. The molecule has 0 radical (unpaired) electrons. The number of aryl methyl sites for hydroxylation is 1. The first-order valence-electron chi connectivity index (χ1n) is 10.4. The molecule has 6 rings (SSSR count). The van der Waals surface area contributed by atoms with E-state index in [4.69, 9.17) is 0 Å². The van der Waals surface area contributed by atoms with E-state index in [-0.39, 0.29) is 16.9 Å². The van der Waals surface area contributed by atoms with E-state index >= 15 is 0 Å². The average molecular weight is 364 g/mol. The van der Waals surface area contributed by atoms with E-state index in [2.05, 4.69) is 23.3 Å². The zero-order valence-electron chi connectivity index (χ0n) is 16.0. The Bertz CT molecular complexity index is 923. The zero-order chi connectivity index (χ0) is 18.6. The van der Waals surface area contributed by atoms with E-state index in [0.717, 1.165) is 53.5 Å². The van der Waals surface area contributed by atoms with Crippen molar-refractivity contribution in [1.82, 2.24) is 10.3 Å². The summed E-state index contributed by atoms with van der Waals surface area (Å²) < 4.78 is 0. The number of H-pyrrole nitrogens is 1. The van der Waals surface area contributed by atoms with Crippen LogP contribution in [0.25, 0.3) is 10.9 Å². The maximum Gasteiger partial charge on any atom is 0.251 e. The van der Waals surface area contributed by atoms with Crippen molar-refractivity contribution in [3.8, 4) is 0 Å². The molecular formula is C23H28N2O2. The third-order valence-electron chi connectivity index (χ3n) is 7.28. The molecule has 1 aromatic carbocycles. The number of rotatable bonds is 4. The number of hydrogen-bond acceptors (Lipinski definition) is 2. The highest BCUT2D eigenvalue weighted by Gasteiger charge is 2.54. The molecule has 4 bridgehead atoms. The normalized spacial score (nSPS) is 31.4. The number of pyridine rings is 1. The highest BCUT2D eigenvalue weighted by molar-refractivity contribution is 5.83. The molecule has 0 unspecified atom stereocenters. The summed E-state index contributed by atoms with van der Waals surface area (Å²) in [5.74, 6) is 2.56. The number of nitrogens with one attached hydrogen (secondary N) is 2. The van der Waals surface area contributed by atoms with Crippen LogP contribution in [-0.2, 0) is 11.2 Å². The number of fused-ring (bicyclic) bond motifs is 1. The van der Waals surface area contributed by atoms with Crippen molar-refractivity contribution < 1.29 is 4.79 Å². The minimum absolute atomic E-state index is 0.0459. The lowest BCUT2D eigenvalue weighted by Crippen LogP contribution is -2.53. The van der Waals surface area contributed by atoms with E-state index in [0.29, 0.717) is 13.0 Å². The van der Waals surface area contributed by atoms with Crippen LogP contribution < -0.4 is 10.9 Å². The van der Waals surface area contributed by atoms with E-state index in [1.807, 2.05) is 18.2 Å². The number of aromatic amines is 1. The average Bonchev–Trinajstić information content (AvgIpc) is 2.61. The Morgan fingerprint density at radius 1 is 1.11 bits per heavy atom. The summed E-state index contributed by atoms with van der Waals surface area (Å²) in [6.45, 7) is 2.59. The third kappa shape index (κ3) is 2.99. The second-order valence-electron chi connectivity index (χ2n) is 9.42. The molecular weight excluding hydrogens is 336 g/mol. The van der Waals surface area contributed by atoms with Crippen molar-refractivity contribution in [2.45, 2.75) is 51.9 Å². The fourth-order valence-corrected chi connectivity index (χ4v) is 6.44. The van der Waals surface area contributed by atoms with Gasteiger partial charge in [-0.3, -0.25) is 9.59 Å². The SMILES string of the molecule is Cc1ccc2[nH]c(=O)c(CCNC(=O)C34CC5CC(CC(C5)C3)C4)cc2c1. The Morgan fingerprint density at radius 3 is 2.44 bits per heavy atom. The quantitative estimate of drug-likeness (QED) is 0.869. The smallest absolute Gasteiger partial charge is 0.251 e. The second kappa shape index (κ2) is 6.22. The van der Waals surface area contributed by atoms with E-state index < -0.39 is 0 Å². The van der Waals surface area contributed by atoms with Gasteiger partial charge in [-0.05, 0) is 93.2 Å². The number of hydrogen-bond donors (Lipinski definition) is 2. The predicted octanol–water partition coefficient (Wildman–Crippen LogP) is 3.71. The van der Waals surface area contributed by atoms with Gasteiger partial charge in [-0.15, -0.1) is 0 Å². The first kappa shape index (κ1) is 17.0. The van der Waals surface area contributed by atoms with Crippen LogP contribution in [0.3, 0.4) is 0 Å². The fraction of sp³-hybridized carbons (Fsp3) is 0.565. The molecule has 4 nitrogen and oxygen atoms in total. The Hall–Kier alpha value is -2.10. The van der Waals surface area contributed by atoms with E-state index in [1.54, 1.807) is 0 Å². The van der Waals surface area contributed by atoms with Crippen LogP contribution in [0.4, 0.5) is 0 Å². The summed E-state index contributed by atoms with van der Waals surface area (Å²) >= 11 is 0. The molecule has 0 aliphatic heterocycles. The van der Waals surface area contributed by atoms with Gasteiger partial charge in [0.25, 0.3) is 5.56 Å². The van der Waals surface area contributed by atoms with Gasteiger partial charge in [0.2, 0.25) is 5.91 Å². The van der Waals surface area contributed by atoms with Gasteiger partial charge in [0.05, 0.1) is 0 Å². The molecule has 1 heterocycles. The molecule has 142 valence electrons. The first-order valence-corrected chi connectivity index (χ1v) is 10.4. The molecule has 1 aromatic heterocycles. The Kier molecular flexibility index (Phi) is 3.92. The van der Waals surface area contributed by atoms with E-state index in [9.17, 15) is 9.59 Å². The molecule has 0 saturated heterocycles. The van der Waals surface area contributed by atoms with Crippen LogP contribution in [0.5, 0.6) is 0 Å². The zero-order valence-corrected chi connectivity index (χ0v) is 16.0. The number of benzene rings is 1. The molecule has 2 aromatic rings. The van der Waals surface area contributed by atoms with Gasteiger partial charge in [0, 0.05) is 23.0 Å². The van der Waals surface area contributed by atoms with Crippen LogP contribution in [0.15, 0.2) is 29.1 Å². The molecule has 27 heavy (non-hydrogen) atoms. The van der Waals surface area contributed by atoms with Crippen molar-refractivity contribution in [2.24, 2.45) is 23.2 Å². The Morgan fingerprint density at radius 2 is 1.78 bits per heavy atom. The third-order valence-corrected chi connectivity index (χ3v) is 7.28. The van der Waals surface area contributed by atoms with Gasteiger partial charge in [-0.25, -0.2) is 0 Å². The lowest BCUT2D eigenvalue weighted by molar-refractivity contribution is -0.146. The van der Waals surface area contributed by atoms with E-state index in [1.165, 1.54) is 24.8 Å². The molecule has 4 aliphatic carbocycles. The van der Waals surface area contributed by atoms with Crippen LogP contribution in [-0.4, -0.2) is 17.4 Å². The summed E-state index contributed by atoms with van der Waals surface area (Å²) in [6.07, 6.45) is 7.87. The maximum atomic E-state index is 13.0. The van der Waals surface area contributed by atoms with Crippen LogP contribution in [0, 0.1) is 30.1 Å². The van der Waals surface area contributed by atoms with Gasteiger partial charge in [0.1, 0.15) is 0 Å². The van der Waals surface area contributed by atoms with Gasteiger partial charge in [-0.1, -0.05) is 11.6 Å². The van der Waals surface area contributed by atoms with Crippen molar-refractivity contribution in [3.63, 3.8) is 0 Å². The number of amides is 1. The van der Waals surface area contributed by atoms with Crippen molar-refractivity contribution >= 4 is 16.8 Å². The monoisotopic (exact) mass is 364 g/mol. The molecule has 1 amide bonds. The molecule has 4 fully saturated rings. The molecule has 4 saturated carbocycles. The molecule has 0 atom stereocenters. The van der Waals surface area contributed by atoms with Crippen molar-refractivity contribution in [2.75, 3.05) is 6.54 Å². The Labute approximate surface area is 159 Å². The summed E-state index contributed by atoms with van der Waals surface area (Å²) in [7, 11) is 0. The van der Waals surface area contributed by atoms with Crippen LogP contribution in [0.1, 0.15) is 49.7 Å². The first-order chi connectivity index (χ1) is 13.0. The molecule has 2 N–H and O–H groups in total. The summed E-state index contributed by atoms with van der Waals surface area (Å²) in [5, 5.41) is 4.24. The van der Waals surface area contributed by atoms with Gasteiger partial charge in [-0.2, -0.15) is 0 Å². The highest BCUT2D eigenvalue weighted by Crippen LogP contribution is 2.60. The lowest BCUT2D eigenvalue weighted by Gasteiger charge is -2.55. The standard InChI is InChI=1S/C23H28N2O2/c1-14-2-3-20-19(6-14)10-18(21(26)25-20)4-5-24-22(27)23-11-15-7-16(12-23)9-17(8-15)13-23/h2-3,6,10,15-17H,4-5,7-9,11-13H2,1H3,(H,24,27)(H,25,26). The molecule has 0 spiro atoms. The maximum absolute atomic E-state index is 13.0. The minimum atomic E-state index is -0.109. The summed E-state index contributed by atoms with van der Waals surface area (Å²) in [5.41, 5.74) is 2.64. The topological polar surface area (TPSA) is 62.0 Å². The van der Waals surface area contributed by atoms with Crippen molar-refractivity contribution in [1.29, 1.82) is 0 Å². The number of carbonyl (C=O) groups is 1. The summed E-state index contributed by atoms with van der Waals surface area (Å²) in [4.78, 5) is 28.3. The van der Waals surface area contributed by atoms with Crippen LogP contribution >= 0.6 is 0 Å². The Balaban J connectivity index is 1.27. The summed E-state index contributed by atoms with van der Waals surface area (Å²) in [6, 6.07) is 8.01. The largest absolute Gasteiger partial charge is 0.355 e. The minimum Gasteiger partial charge on any atom is -0.355 e. The van der Waals surface area contributed by atoms with Gasteiger partial charge in [0.15, 0.2) is 0 Å². The van der Waals surface area contributed by atoms with Crippen LogP contribution in [0.2, 0.25) is 0 Å². The molecule has 4 aliphatic rings. The second-order valence-corrected chi connectivity index (χ2v) is 9.42. The number of carbonyl (C=O) groups excluding carboxylic acids is 1. The van der Waals surface area contributed by atoms with Gasteiger partial charge >= 0.3 is 0 Å². The fourth-order valence-electron chi connectivity index (χ4n) is 6.44. The van der Waals surface area contributed by atoms with Gasteiger partial charge < -0.3 is 10.3 Å². The van der Waals surface area contributed by atoms with Crippen molar-refractivity contribution in [3.05, 3.63) is 45.7 Å². The highest BCUT2D eigenvalue weighted by atomic mass is 16.2. The predicted molar refractivity (Wildman–Crippen MR) is 107 cm³/mol. The lowest BCUT2D eigenvalue weighted by atomic mass is 9.49.